The number of rotatable bonds is 9. The molecule has 5 rings (SSSR count). The highest BCUT2D eigenvalue weighted by molar-refractivity contribution is 7.80. The van der Waals surface area contributed by atoms with Crippen molar-refractivity contribution in [2.45, 2.75) is 32.1 Å². The number of fused-ring (bicyclic) bond motifs is 3. The number of unbranched alkanes of at least 4 members (excludes halogenated alkanes) is 2. The Bertz CT molecular complexity index is 1230. The first kappa shape index (κ1) is 22.3. The average molecular weight is 479 g/mol. The van der Waals surface area contributed by atoms with Crippen molar-refractivity contribution in [3.8, 4) is 0 Å². The van der Waals surface area contributed by atoms with Gasteiger partial charge in [0.25, 0.3) is 0 Å². The van der Waals surface area contributed by atoms with Gasteiger partial charge in [0.2, 0.25) is 23.7 Å². The van der Waals surface area contributed by atoms with Gasteiger partial charge in [0, 0.05) is 42.7 Å². The van der Waals surface area contributed by atoms with E-state index in [0.717, 1.165) is 31.2 Å². The molecule has 1 aromatic carbocycles. The molecule has 0 radical (unpaired) electrons. The third-order valence-electron chi connectivity index (χ3n) is 6.25. The molecule has 3 aliphatic rings. The van der Waals surface area contributed by atoms with Gasteiger partial charge >= 0.3 is 0 Å². The summed E-state index contributed by atoms with van der Waals surface area (Å²) in [6.45, 7) is 1.25. The molecule has 176 valence electrons. The quantitative estimate of drug-likeness (QED) is 0.426. The number of benzene rings is 1. The maximum Gasteiger partial charge on any atom is 0.241 e. The van der Waals surface area contributed by atoms with Crippen molar-refractivity contribution in [1.29, 1.82) is 0 Å². The molecule has 1 unspecified atom stereocenters. The van der Waals surface area contributed by atoms with E-state index in [2.05, 4.69) is 21.4 Å². The number of aliphatic imine (C=N–C) groups is 1. The van der Waals surface area contributed by atoms with Gasteiger partial charge in [-0.15, -0.1) is 0 Å². The van der Waals surface area contributed by atoms with Crippen LogP contribution in [0, 0.1) is 5.92 Å². The fraction of sp³-hybridized carbons (Fsp3) is 0.360. The molecule has 0 saturated carbocycles. The van der Waals surface area contributed by atoms with Crippen LogP contribution in [0.3, 0.4) is 0 Å². The van der Waals surface area contributed by atoms with Crippen molar-refractivity contribution in [2.75, 3.05) is 19.9 Å². The van der Waals surface area contributed by atoms with Gasteiger partial charge in [-0.1, -0.05) is 24.6 Å². The van der Waals surface area contributed by atoms with E-state index in [-0.39, 0.29) is 23.7 Å². The number of nitrogens with zero attached hydrogens (tertiary/aromatic N) is 2. The minimum absolute atomic E-state index is 0.0499. The summed E-state index contributed by atoms with van der Waals surface area (Å²) in [6, 6.07) is 8.16. The summed E-state index contributed by atoms with van der Waals surface area (Å²) in [4.78, 5) is 34.4. The van der Waals surface area contributed by atoms with Crippen LogP contribution in [-0.2, 0) is 25.5 Å². The van der Waals surface area contributed by atoms with Crippen molar-refractivity contribution in [2.24, 2.45) is 10.9 Å². The molecule has 1 aromatic heterocycles. The van der Waals surface area contributed by atoms with Gasteiger partial charge in [-0.3, -0.25) is 14.5 Å². The Hall–Kier alpha value is -3.46. The predicted octanol–water partition coefficient (Wildman–Crippen LogP) is 3.36. The predicted molar refractivity (Wildman–Crippen MR) is 132 cm³/mol. The van der Waals surface area contributed by atoms with Gasteiger partial charge in [0.15, 0.2) is 11.5 Å². The molecule has 1 fully saturated rings. The molecule has 1 atom stereocenters. The van der Waals surface area contributed by atoms with Crippen LogP contribution in [0.15, 0.2) is 59.1 Å². The van der Waals surface area contributed by atoms with Crippen molar-refractivity contribution in [3.63, 3.8) is 0 Å². The van der Waals surface area contributed by atoms with Crippen molar-refractivity contribution in [1.82, 2.24) is 15.2 Å². The molecule has 8 nitrogen and oxygen atoms in total. The number of H-pyrrole nitrogens is 1. The highest BCUT2D eigenvalue weighted by Gasteiger charge is 2.38. The second-order valence-electron chi connectivity index (χ2n) is 8.50. The SMILES string of the molecule is O=C(CCCCCN1C(=O)C2C=C3OCOC3=CC2=NC1=S)NCCc1c[nH]c2ccccc12. The van der Waals surface area contributed by atoms with E-state index in [0.29, 0.717) is 36.7 Å². The Morgan fingerprint density at radius 2 is 2.06 bits per heavy atom. The fourth-order valence-corrected chi connectivity index (χ4v) is 4.72. The highest BCUT2D eigenvalue weighted by Crippen LogP contribution is 2.31. The van der Waals surface area contributed by atoms with Crippen LogP contribution in [0.2, 0.25) is 0 Å². The van der Waals surface area contributed by atoms with Gasteiger partial charge < -0.3 is 19.8 Å². The minimum Gasteiger partial charge on any atom is -0.454 e. The first-order valence-corrected chi connectivity index (χ1v) is 12.0. The number of hydrogen-bond donors (Lipinski definition) is 2. The molecule has 9 heteroatoms. The number of aromatic amines is 1. The standard InChI is InChI=1S/C25H26N4O4S/c30-23(26-10-9-16-14-27-19-7-4-3-6-17(16)19)8-2-1-5-11-29-24(31)18-12-21-22(33-15-32-21)13-20(18)28-25(29)34/h3-4,6-7,12-14,18,27H,1-2,5,8-11,15H2,(H,26,30). The normalized spacial score (nSPS) is 19.0. The van der Waals surface area contributed by atoms with Crippen LogP contribution in [0.1, 0.15) is 31.2 Å². The number of para-hydroxylation sites is 1. The Kier molecular flexibility index (Phi) is 6.44. The number of allylic oxidation sites excluding steroid dienone is 1. The zero-order valence-corrected chi connectivity index (χ0v) is 19.5. The van der Waals surface area contributed by atoms with E-state index in [4.69, 9.17) is 21.7 Å². The smallest absolute Gasteiger partial charge is 0.241 e. The summed E-state index contributed by atoms with van der Waals surface area (Å²) in [7, 11) is 0. The van der Waals surface area contributed by atoms with Crippen LogP contribution < -0.4 is 5.32 Å². The van der Waals surface area contributed by atoms with Gasteiger partial charge in [0.1, 0.15) is 5.92 Å². The van der Waals surface area contributed by atoms with E-state index in [1.165, 1.54) is 10.9 Å². The number of hydrogen-bond acceptors (Lipinski definition) is 5. The number of nitrogens with one attached hydrogen (secondary N) is 2. The molecular formula is C25H26N4O4S. The van der Waals surface area contributed by atoms with Gasteiger partial charge in [-0.25, -0.2) is 4.99 Å². The lowest BCUT2D eigenvalue weighted by atomic mass is 9.93. The van der Waals surface area contributed by atoms with Crippen LogP contribution in [0.4, 0.5) is 0 Å². The summed E-state index contributed by atoms with van der Waals surface area (Å²) in [6.07, 6.45) is 9.07. The maximum atomic E-state index is 12.9. The Labute approximate surface area is 202 Å². The molecular weight excluding hydrogens is 452 g/mol. The van der Waals surface area contributed by atoms with Crippen molar-refractivity contribution < 1.29 is 19.1 Å². The zero-order valence-electron chi connectivity index (χ0n) is 18.7. The summed E-state index contributed by atoms with van der Waals surface area (Å²) in [5.74, 6) is 0.645. The number of amides is 2. The van der Waals surface area contributed by atoms with Crippen LogP contribution in [0.25, 0.3) is 10.9 Å². The lowest BCUT2D eigenvalue weighted by Gasteiger charge is -2.30. The molecule has 0 spiro atoms. The molecule has 34 heavy (non-hydrogen) atoms. The second-order valence-corrected chi connectivity index (χ2v) is 8.87. The third kappa shape index (κ3) is 4.61. The lowest BCUT2D eigenvalue weighted by molar-refractivity contribution is -0.128. The largest absolute Gasteiger partial charge is 0.454 e. The minimum atomic E-state index is -0.491. The molecule has 2 aromatic rings. The van der Waals surface area contributed by atoms with Crippen LogP contribution >= 0.6 is 12.2 Å². The Balaban J connectivity index is 1.02. The molecule has 3 heterocycles. The van der Waals surface area contributed by atoms with E-state index in [1.54, 1.807) is 17.1 Å². The molecule has 0 bridgehead atoms. The Morgan fingerprint density at radius 3 is 2.97 bits per heavy atom. The summed E-state index contributed by atoms with van der Waals surface area (Å²) in [5.41, 5.74) is 2.91. The van der Waals surface area contributed by atoms with E-state index in [1.807, 2.05) is 24.4 Å². The van der Waals surface area contributed by atoms with Gasteiger partial charge in [-0.05, 0) is 49.2 Å². The van der Waals surface area contributed by atoms with E-state index >= 15 is 0 Å². The number of thiocarbonyl (C=S) groups is 1. The lowest BCUT2D eigenvalue weighted by Crippen LogP contribution is -2.46. The average Bonchev–Trinajstić information content (AvgIpc) is 3.46. The monoisotopic (exact) mass is 478 g/mol. The summed E-state index contributed by atoms with van der Waals surface area (Å²) < 4.78 is 10.8. The number of carbonyl (C=O) groups excluding carboxylic acids is 2. The molecule has 1 aliphatic carbocycles. The number of aromatic nitrogens is 1. The number of ether oxygens (including phenoxy) is 2. The highest BCUT2D eigenvalue weighted by atomic mass is 32.1. The van der Waals surface area contributed by atoms with E-state index < -0.39 is 5.92 Å². The van der Waals surface area contributed by atoms with Crippen LogP contribution in [-0.4, -0.2) is 52.4 Å². The van der Waals surface area contributed by atoms with Crippen molar-refractivity contribution >= 4 is 45.8 Å². The molecule has 2 aliphatic heterocycles. The zero-order chi connectivity index (χ0) is 23.5. The van der Waals surface area contributed by atoms with Gasteiger partial charge in [-0.2, -0.15) is 0 Å². The molecule has 1 saturated heterocycles. The third-order valence-corrected chi connectivity index (χ3v) is 6.56. The van der Waals surface area contributed by atoms with Gasteiger partial charge in [0.05, 0.1) is 5.71 Å². The molecule has 2 N–H and O–H groups in total. The maximum absolute atomic E-state index is 12.9. The summed E-state index contributed by atoms with van der Waals surface area (Å²) >= 11 is 5.35. The fourth-order valence-electron chi connectivity index (χ4n) is 4.44. The van der Waals surface area contributed by atoms with Crippen LogP contribution in [0.5, 0.6) is 0 Å². The first-order chi connectivity index (χ1) is 16.6. The first-order valence-electron chi connectivity index (χ1n) is 11.6. The topological polar surface area (TPSA) is 96.0 Å². The van der Waals surface area contributed by atoms with Crippen molar-refractivity contribution in [3.05, 3.63) is 59.7 Å². The second kappa shape index (κ2) is 9.80. The van der Waals surface area contributed by atoms with E-state index in [9.17, 15) is 9.59 Å². The molecule has 2 amide bonds. The Morgan fingerprint density at radius 1 is 1.21 bits per heavy atom. The number of carbonyl (C=O) groups is 2. The summed E-state index contributed by atoms with van der Waals surface area (Å²) in [5, 5.41) is 4.47.